The summed E-state index contributed by atoms with van der Waals surface area (Å²) in [7, 11) is 2.23. The van der Waals surface area contributed by atoms with Crippen molar-refractivity contribution < 1.29 is 9.90 Å². The zero-order valence-electron chi connectivity index (χ0n) is 11.4. The normalized spacial score (nSPS) is 41.6. The quantitative estimate of drug-likeness (QED) is 0.816. The number of carbonyl (C=O) groups is 1. The molecule has 0 unspecified atom stereocenters. The maximum absolute atomic E-state index is 10.6. The van der Waals surface area contributed by atoms with Gasteiger partial charge >= 0.3 is 5.97 Å². The molecule has 0 atom stereocenters. The molecule has 0 aromatic carbocycles. The molecule has 0 radical (unpaired) electrons. The summed E-state index contributed by atoms with van der Waals surface area (Å²) >= 11 is 0. The molecular weight excluding hydrogens is 226 g/mol. The molecule has 18 heavy (non-hydrogen) atoms. The Labute approximate surface area is 110 Å². The molecule has 0 aliphatic heterocycles. The van der Waals surface area contributed by atoms with Crippen molar-refractivity contribution in [3.63, 3.8) is 0 Å². The first kappa shape index (κ1) is 12.5. The van der Waals surface area contributed by atoms with Gasteiger partial charge in [-0.1, -0.05) is 0 Å². The minimum atomic E-state index is -0.658. The fourth-order valence-corrected chi connectivity index (χ4v) is 5.24. The minimum Gasteiger partial charge on any atom is -0.481 e. The van der Waals surface area contributed by atoms with Gasteiger partial charge in [-0.15, -0.1) is 0 Å². The van der Waals surface area contributed by atoms with Crippen LogP contribution in [-0.2, 0) is 4.79 Å². The lowest BCUT2D eigenvalue weighted by atomic mass is 9.52. The highest BCUT2D eigenvalue weighted by molar-refractivity contribution is 5.66. The third-order valence-corrected chi connectivity index (χ3v) is 5.70. The maximum Gasteiger partial charge on any atom is 0.303 e. The number of carboxylic acids is 1. The molecule has 0 amide bonds. The van der Waals surface area contributed by atoms with E-state index in [2.05, 4.69) is 11.9 Å². The predicted molar refractivity (Wildman–Crippen MR) is 70.4 cm³/mol. The van der Waals surface area contributed by atoms with Crippen LogP contribution in [0.15, 0.2) is 0 Å². The highest BCUT2D eigenvalue weighted by Gasteiger charge is 2.52. The lowest BCUT2D eigenvalue weighted by molar-refractivity contribution is -0.137. The van der Waals surface area contributed by atoms with Gasteiger partial charge in [0, 0.05) is 12.0 Å². The molecule has 0 saturated heterocycles. The fraction of sp³-hybridized carbons (Fsp3) is 0.933. The molecule has 0 spiro atoms. The van der Waals surface area contributed by atoms with Crippen LogP contribution >= 0.6 is 0 Å². The van der Waals surface area contributed by atoms with E-state index in [1.54, 1.807) is 0 Å². The summed E-state index contributed by atoms with van der Waals surface area (Å²) in [5.41, 5.74) is 0.438. The van der Waals surface area contributed by atoms with Gasteiger partial charge in [0.1, 0.15) is 0 Å². The Morgan fingerprint density at radius 2 is 1.67 bits per heavy atom. The van der Waals surface area contributed by atoms with Gasteiger partial charge in [-0.2, -0.15) is 0 Å². The average Bonchev–Trinajstić information content (AvgIpc) is 2.26. The Balaban J connectivity index is 1.62. The molecule has 4 aliphatic carbocycles. The van der Waals surface area contributed by atoms with Crippen molar-refractivity contribution >= 4 is 5.97 Å². The Kier molecular flexibility index (Phi) is 3.13. The number of rotatable bonds is 5. The number of nitrogens with zero attached hydrogens (tertiary/aromatic N) is 1. The number of hydrogen-bond acceptors (Lipinski definition) is 2. The number of aliphatic carboxylic acids is 1. The highest BCUT2D eigenvalue weighted by Crippen LogP contribution is 2.57. The maximum atomic E-state index is 10.6. The number of hydrogen-bond donors (Lipinski definition) is 1. The van der Waals surface area contributed by atoms with E-state index in [1.165, 1.54) is 38.5 Å². The summed E-state index contributed by atoms with van der Waals surface area (Å²) in [6, 6.07) is 0. The van der Waals surface area contributed by atoms with E-state index in [1.807, 2.05) is 0 Å². The first-order valence-corrected chi connectivity index (χ1v) is 7.50. The Bertz CT molecular complexity index is 304. The van der Waals surface area contributed by atoms with Gasteiger partial charge < -0.3 is 10.0 Å². The van der Waals surface area contributed by atoms with E-state index in [9.17, 15) is 4.79 Å². The molecule has 1 N–H and O–H groups in total. The first-order valence-electron chi connectivity index (χ1n) is 7.50. The second kappa shape index (κ2) is 4.52. The first-order chi connectivity index (χ1) is 8.57. The molecular formula is C15H25NO2. The summed E-state index contributed by atoms with van der Waals surface area (Å²) in [6.45, 7) is 0.957. The summed E-state index contributed by atoms with van der Waals surface area (Å²) in [5, 5.41) is 8.74. The van der Waals surface area contributed by atoms with Gasteiger partial charge in [-0.25, -0.2) is 0 Å². The molecule has 102 valence electrons. The highest BCUT2D eigenvalue weighted by atomic mass is 16.4. The third kappa shape index (κ3) is 2.18. The Hall–Kier alpha value is -0.570. The van der Waals surface area contributed by atoms with E-state index in [4.69, 9.17) is 5.11 Å². The van der Waals surface area contributed by atoms with E-state index < -0.39 is 5.97 Å². The largest absolute Gasteiger partial charge is 0.481 e. The third-order valence-electron chi connectivity index (χ3n) is 5.70. The minimum absolute atomic E-state index is 0.316. The van der Waals surface area contributed by atoms with Crippen LogP contribution in [-0.4, -0.2) is 35.1 Å². The van der Waals surface area contributed by atoms with Gasteiger partial charge in [-0.05, 0) is 76.3 Å². The van der Waals surface area contributed by atoms with Crippen LogP contribution in [0.1, 0.15) is 51.4 Å². The van der Waals surface area contributed by atoms with Crippen LogP contribution in [0.3, 0.4) is 0 Å². The summed E-state index contributed by atoms with van der Waals surface area (Å²) in [6.07, 6.45) is 9.67. The van der Waals surface area contributed by atoms with Crippen LogP contribution in [0.25, 0.3) is 0 Å². The molecule has 3 nitrogen and oxygen atoms in total. The summed E-state index contributed by atoms with van der Waals surface area (Å²) in [4.78, 5) is 13.1. The van der Waals surface area contributed by atoms with Crippen LogP contribution in [0.2, 0.25) is 0 Å². The molecule has 0 aromatic rings. The summed E-state index contributed by atoms with van der Waals surface area (Å²) in [5.74, 6) is 2.25. The molecule has 3 heteroatoms. The Morgan fingerprint density at radius 3 is 2.11 bits per heavy atom. The topological polar surface area (TPSA) is 40.5 Å². The van der Waals surface area contributed by atoms with Gasteiger partial charge in [0.15, 0.2) is 0 Å². The van der Waals surface area contributed by atoms with Crippen molar-refractivity contribution in [2.45, 2.75) is 56.9 Å². The lowest BCUT2D eigenvalue weighted by Gasteiger charge is -2.60. The summed E-state index contributed by atoms with van der Waals surface area (Å²) < 4.78 is 0. The monoisotopic (exact) mass is 251 g/mol. The second-order valence-corrected chi connectivity index (χ2v) is 7.06. The van der Waals surface area contributed by atoms with E-state index in [0.29, 0.717) is 12.0 Å². The van der Waals surface area contributed by atoms with Gasteiger partial charge in [0.25, 0.3) is 0 Å². The molecule has 0 heterocycles. The van der Waals surface area contributed by atoms with Crippen molar-refractivity contribution in [3.8, 4) is 0 Å². The predicted octanol–water partition coefficient (Wildman–Crippen LogP) is 2.75. The van der Waals surface area contributed by atoms with Crippen molar-refractivity contribution in [1.29, 1.82) is 0 Å². The van der Waals surface area contributed by atoms with Crippen LogP contribution in [0, 0.1) is 17.8 Å². The van der Waals surface area contributed by atoms with Crippen molar-refractivity contribution in [2.24, 2.45) is 17.8 Å². The van der Waals surface area contributed by atoms with Gasteiger partial charge in [-0.3, -0.25) is 4.79 Å². The van der Waals surface area contributed by atoms with Crippen LogP contribution in [0.4, 0.5) is 0 Å². The molecule has 4 rings (SSSR count). The molecule has 0 aromatic heterocycles. The smallest absolute Gasteiger partial charge is 0.303 e. The molecule has 4 fully saturated rings. The molecule has 4 saturated carbocycles. The van der Waals surface area contributed by atoms with Gasteiger partial charge in [0.2, 0.25) is 0 Å². The average molecular weight is 251 g/mol. The molecule has 4 bridgehead atoms. The number of carboxylic acid groups (broad SMARTS) is 1. The van der Waals surface area contributed by atoms with Gasteiger partial charge in [0.05, 0.1) is 0 Å². The van der Waals surface area contributed by atoms with E-state index in [0.717, 1.165) is 30.7 Å². The van der Waals surface area contributed by atoms with Crippen molar-refractivity contribution in [1.82, 2.24) is 4.90 Å². The van der Waals surface area contributed by atoms with E-state index in [-0.39, 0.29) is 0 Å². The van der Waals surface area contributed by atoms with Crippen LogP contribution < -0.4 is 0 Å². The lowest BCUT2D eigenvalue weighted by Crippen LogP contribution is -2.58. The van der Waals surface area contributed by atoms with Crippen LogP contribution in [0.5, 0.6) is 0 Å². The van der Waals surface area contributed by atoms with Crippen molar-refractivity contribution in [3.05, 3.63) is 0 Å². The fourth-order valence-electron chi connectivity index (χ4n) is 5.24. The Morgan fingerprint density at radius 1 is 1.17 bits per heavy atom. The zero-order valence-corrected chi connectivity index (χ0v) is 11.4. The van der Waals surface area contributed by atoms with E-state index >= 15 is 0 Å². The zero-order chi connectivity index (χ0) is 12.8. The standard InChI is InChI=1S/C15H25NO2/c1-16(4-2-3-14(17)18)15-8-11-5-12(9-15)7-13(6-11)10-15/h11-13H,2-10H2,1H3,(H,17,18). The molecule has 4 aliphatic rings. The van der Waals surface area contributed by atoms with Crippen molar-refractivity contribution in [2.75, 3.05) is 13.6 Å². The SMILES string of the molecule is CN(CCCC(=O)O)C12CC3CC(CC(C3)C1)C2. The second-order valence-electron chi connectivity index (χ2n) is 7.06.